The second-order valence-corrected chi connectivity index (χ2v) is 4.35. The first-order chi connectivity index (χ1) is 8.00. The van der Waals surface area contributed by atoms with Gasteiger partial charge in [-0.05, 0) is 18.1 Å². The topological polar surface area (TPSA) is 55.1 Å². The third-order valence-electron chi connectivity index (χ3n) is 2.47. The van der Waals surface area contributed by atoms with E-state index < -0.39 is 11.8 Å². The van der Waals surface area contributed by atoms with Crippen LogP contribution in [0.4, 0.5) is 4.39 Å². The summed E-state index contributed by atoms with van der Waals surface area (Å²) in [5.41, 5.74) is 0.640. The summed E-state index contributed by atoms with van der Waals surface area (Å²) < 4.78 is 15.1. The molecule has 1 heterocycles. The number of benzene rings is 1. The van der Waals surface area contributed by atoms with Crippen LogP contribution in [-0.4, -0.2) is 20.6 Å². The lowest BCUT2D eigenvalue weighted by Crippen LogP contribution is -2.12. The van der Waals surface area contributed by atoms with Gasteiger partial charge in [-0.3, -0.25) is 0 Å². The summed E-state index contributed by atoms with van der Waals surface area (Å²) in [6, 6.07) is 4.52. The number of fused-ring (bicyclic) bond motifs is 1. The largest absolute Gasteiger partial charge is 0.475 e. The van der Waals surface area contributed by atoms with Crippen molar-refractivity contribution in [3.63, 3.8) is 0 Å². The molecule has 0 spiro atoms. The van der Waals surface area contributed by atoms with Gasteiger partial charge >= 0.3 is 5.97 Å². The molecule has 0 aliphatic rings. The van der Waals surface area contributed by atoms with Gasteiger partial charge in [0.25, 0.3) is 0 Å². The maximum Gasteiger partial charge on any atom is 0.372 e. The van der Waals surface area contributed by atoms with Crippen LogP contribution in [0, 0.1) is 11.7 Å². The van der Waals surface area contributed by atoms with Gasteiger partial charge in [-0.2, -0.15) is 0 Å². The highest BCUT2D eigenvalue weighted by atomic mass is 19.1. The fourth-order valence-corrected chi connectivity index (χ4v) is 1.83. The Balaban J connectivity index is 2.71. The van der Waals surface area contributed by atoms with Crippen molar-refractivity contribution in [1.82, 2.24) is 9.55 Å². The molecule has 2 aromatic rings. The molecule has 0 atom stereocenters. The highest BCUT2D eigenvalue weighted by Crippen LogP contribution is 2.20. The van der Waals surface area contributed by atoms with Crippen LogP contribution in [0.25, 0.3) is 11.0 Å². The SMILES string of the molecule is CC(C)Cn1c(C(=O)O)nc2c(F)cccc21. The molecule has 0 fully saturated rings. The van der Waals surface area contributed by atoms with Gasteiger partial charge in [-0.15, -0.1) is 0 Å². The van der Waals surface area contributed by atoms with E-state index in [0.29, 0.717) is 12.1 Å². The van der Waals surface area contributed by atoms with E-state index in [4.69, 9.17) is 5.11 Å². The number of para-hydroxylation sites is 1. The van der Waals surface area contributed by atoms with Gasteiger partial charge in [0.1, 0.15) is 5.52 Å². The number of carbonyl (C=O) groups is 1. The highest BCUT2D eigenvalue weighted by molar-refractivity contribution is 5.90. The van der Waals surface area contributed by atoms with Crippen molar-refractivity contribution in [3.05, 3.63) is 29.8 Å². The summed E-state index contributed by atoms with van der Waals surface area (Å²) in [6.07, 6.45) is 0. The minimum Gasteiger partial charge on any atom is -0.475 e. The maximum atomic E-state index is 13.5. The Morgan fingerprint density at radius 1 is 1.53 bits per heavy atom. The molecule has 0 unspecified atom stereocenters. The van der Waals surface area contributed by atoms with Gasteiger partial charge in [0.15, 0.2) is 5.82 Å². The molecule has 0 radical (unpaired) electrons. The van der Waals surface area contributed by atoms with E-state index in [9.17, 15) is 9.18 Å². The average molecular weight is 236 g/mol. The number of carboxylic acid groups (broad SMARTS) is 1. The molecule has 0 amide bonds. The van der Waals surface area contributed by atoms with Crippen LogP contribution in [0.3, 0.4) is 0 Å². The van der Waals surface area contributed by atoms with E-state index in [2.05, 4.69) is 4.98 Å². The van der Waals surface area contributed by atoms with E-state index in [-0.39, 0.29) is 17.3 Å². The number of aromatic nitrogens is 2. The van der Waals surface area contributed by atoms with Gasteiger partial charge in [-0.25, -0.2) is 14.2 Å². The van der Waals surface area contributed by atoms with Crippen molar-refractivity contribution < 1.29 is 14.3 Å². The molecule has 90 valence electrons. The van der Waals surface area contributed by atoms with E-state index in [1.165, 1.54) is 6.07 Å². The first kappa shape index (κ1) is 11.6. The van der Waals surface area contributed by atoms with Crippen LogP contribution < -0.4 is 0 Å². The van der Waals surface area contributed by atoms with Crippen LogP contribution in [0.1, 0.15) is 24.5 Å². The molecular formula is C12H13FN2O2. The minimum atomic E-state index is -1.14. The zero-order chi connectivity index (χ0) is 12.6. The van der Waals surface area contributed by atoms with Crippen molar-refractivity contribution >= 4 is 17.0 Å². The normalized spacial score (nSPS) is 11.3. The number of halogens is 1. The van der Waals surface area contributed by atoms with Crippen LogP contribution in [0.15, 0.2) is 18.2 Å². The summed E-state index contributed by atoms with van der Waals surface area (Å²) in [7, 11) is 0. The van der Waals surface area contributed by atoms with E-state index in [1.54, 1.807) is 16.7 Å². The zero-order valence-corrected chi connectivity index (χ0v) is 9.64. The molecule has 0 aliphatic carbocycles. The second kappa shape index (κ2) is 4.16. The average Bonchev–Trinajstić information content (AvgIpc) is 2.58. The molecule has 0 saturated heterocycles. The van der Waals surface area contributed by atoms with Crippen molar-refractivity contribution in [1.29, 1.82) is 0 Å². The number of hydrogen-bond donors (Lipinski definition) is 1. The van der Waals surface area contributed by atoms with Crippen LogP contribution >= 0.6 is 0 Å². The molecule has 4 nitrogen and oxygen atoms in total. The number of hydrogen-bond acceptors (Lipinski definition) is 2. The number of carboxylic acids is 1. The summed E-state index contributed by atoms with van der Waals surface area (Å²) in [6.45, 7) is 4.44. The Labute approximate surface area is 97.7 Å². The Morgan fingerprint density at radius 2 is 2.24 bits per heavy atom. The molecule has 0 bridgehead atoms. The molecule has 0 saturated carbocycles. The summed E-state index contributed by atoms with van der Waals surface area (Å²) in [4.78, 5) is 14.9. The molecule has 1 N–H and O–H groups in total. The number of rotatable bonds is 3. The zero-order valence-electron chi connectivity index (χ0n) is 9.64. The van der Waals surface area contributed by atoms with E-state index in [0.717, 1.165) is 0 Å². The molecule has 17 heavy (non-hydrogen) atoms. The van der Waals surface area contributed by atoms with Crippen LogP contribution in [-0.2, 0) is 6.54 Å². The fraction of sp³-hybridized carbons (Fsp3) is 0.333. The smallest absolute Gasteiger partial charge is 0.372 e. The molecule has 1 aromatic heterocycles. The quantitative estimate of drug-likeness (QED) is 0.890. The lowest BCUT2D eigenvalue weighted by molar-refractivity contribution is 0.0678. The summed E-state index contributed by atoms with van der Waals surface area (Å²) >= 11 is 0. The van der Waals surface area contributed by atoms with Crippen LogP contribution in [0.2, 0.25) is 0 Å². The fourth-order valence-electron chi connectivity index (χ4n) is 1.83. The van der Waals surface area contributed by atoms with E-state index >= 15 is 0 Å². The molecule has 5 heteroatoms. The Bertz CT molecular complexity index is 575. The van der Waals surface area contributed by atoms with Gasteiger partial charge in [-0.1, -0.05) is 19.9 Å². The third-order valence-corrected chi connectivity index (χ3v) is 2.47. The lowest BCUT2D eigenvalue weighted by Gasteiger charge is -2.09. The summed E-state index contributed by atoms with van der Waals surface area (Å²) in [5, 5.41) is 9.06. The van der Waals surface area contributed by atoms with Gasteiger partial charge < -0.3 is 9.67 Å². The third kappa shape index (κ3) is 2.00. The van der Waals surface area contributed by atoms with Gasteiger partial charge in [0.2, 0.25) is 5.82 Å². The number of aromatic carboxylic acids is 1. The highest BCUT2D eigenvalue weighted by Gasteiger charge is 2.18. The van der Waals surface area contributed by atoms with Crippen molar-refractivity contribution in [2.24, 2.45) is 5.92 Å². The van der Waals surface area contributed by atoms with Gasteiger partial charge in [0.05, 0.1) is 5.52 Å². The Morgan fingerprint density at radius 3 is 2.82 bits per heavy atom. The molecule has 2 rings (SSSR count). The molecule has 1 aromatic carbocycles. The molecule has 0 aliphatic heterocycles. The predicted molar refractivity (Wildman–Crippen MR) is 61.5 cm³/mol. The first-order valence-corrected chi connectivity index (χ1v) is 5.38. The summed E-state index contributed by atoms with van der Waals surface area (Å²) in [5.74, 6) is -1.48. The van der Waals surface area contributed by atoms with Crippen LogP contribution in [0.5, 0.6) is 0 Å². The van der Waals surface area contributed by atoms with Crippen molar-refractivity contribution in [2.45, 2.75) is 20.4 Å². The lowest BCUT2D eigenvalue weighted by atomic mass is 10.2. The number of imidazole rings is 1. The first-order valence-electron chi connectivity index (χ1n) is 5.38. The number of nitrogens with zero attached hydrogens (tertiary/aromatic N) is 2. The van der Waals surface area contributed by atoms with Crippen molar-refractivity contribution in [2.75, 3.05) is 0 Å². The maximum absolute atomic E-state index is 13.5. The standard InChI is InChI=1S/C12H13FN2O2/c1-7(2)6-15-9-5-3-4-8(13)10(9)14-11(15)12(16)17/h3-5,7H,6H2,1-2H3,(H,16,17). The Hall–Kier alpha value is -1.91. The predicted octanol–water partition coefficient (Wildman–Crippen LogP) is 2.53. The van der Waals surface area contributed by atoms with Gasteiger partial charge in [0, 0.05) is 6.54 Å². The monoisotopic (exact) mass is 236 g/mol. The van der Waals surface area contributed by atoms with E-state index in [1.807, 2.05) is 13.8 Å². The minimum absolute atomic E-state index is 0.112. The second-order valence-electron chi connectivity index (χ2n) is 4.35. The Kier molecular flexibility index (Phi) is 2.83. The molecular weight excluding hydrogens is 223 g/mol. The van der Waals surface area contributed by atoms with Crippen molar-refractivity contribution in [3.8, 4) is 0 Å².